The van der Waals surface area contributed by atoms with Gasteiger partial charge in [-0.25, -0.2) is 0 Å². The van der Waals surface area contributed by atoms with Crippen LogP contribution in [0.2, 0.25) is 0 Å². The zero-order valence-electron chi connectivity index (χ0n) is 11.2. The molecule has 1 aromatic carbocycles. The molecule has 2 aliphatic heterocycles. The molecule has 0 saturated carbocycles. The highest BCUT2D eigenvalue weighted by Gasteiger charge is 2.39. The summed E-state index contributed by atoms with van der Waals surface area (Å²) in [5, 5.41) is 0. The van der Waals surface area contributed by atoms with Crippen LogP contribution < -0.4 is 4.90 Å². The molecular formula is C15H19N3O. The molecule has 0 unspecified atom stereocenters. The van der Waals surface area contributed by atoms with E-state index in [0.29, 0.717) is 6.04 Å². The molecule has 0 bridgehead atoms. The summed E-state index contributed by atoms with van der Waals surface area (Å²) in [6.45, 7) is 3.43. The third-order valence-corrected chi connectivity index (χ3v) is 4.59. The van der Waals surface area contributed by atoms with Gasteiger partial charge in [0.2, 0.25) is 0 Å². The van der Waals surface area contributed by atoms with Gasteiger partial charge in [0, 0.05) is 19.1 Å². The van der Waals surface area contributed by atoms with E-state index in [1.807, 2.05) is 24.3 Å². The number of hydrogen-bond donors (Lipinski definition) is 0. The minimum atomic E-state index is 0.576. The minimum absolute atomic E-state index is 0.576. The van der Waals surface area contributed by atoms with E-state index in [4.69, 9.17) is 4.42 Å². The van der Waals surface area contributed by atoms with Crippen LogP contribution in [-0.4, -0.2) is 42.6 Å². The number of anilines is 1. The normalized spacial score (nSPS) is 27.9. The fourth-order valence-corrected chi connectivity index (χ4v) is 3.52. The number of piperidine rings is 1. The van der Waals surface area contributed by atoms with Crippen LogP contribution in [0.15, 0.2) is 28.7 Å². The SMILES string of the molecule is CN1CC[C@H]2CCN(c3nc4ccccc4o3)[C@H]2C1. The minimum Gasteiger partial charge on any atom is -0.423 e. The molecular weight excluding hydrogens is 238 g/mol. The van der Waals surface area contributed by atoms with Crippen molar-refractivity contribution in [2.75, 3.05) is 31.6 Å². The topological polar surface area (TPSA) is 32.5 Å². The van der Waals surface area contributed by atoms with Crippen LogP contribution in [0, 0.1) is 5.92 Å². The van der Waals surface area contributed by atoms with E-state index in [9.17, 15) is 0 Å². The highest BCUT2D eigenvalue weighted by atomic mass is 16.4. The fraction of sp³-hybridized carbons (Fsp3) is 0.533. The molecule has 2 aromatic rings. The second-order valence-electron chi connectivity index (χ2n) is 5.82. The average Bonchev–Trinajstić information content (AvgIpc) is 3.00. The monoisotopic (exact) mass is 257 g/mol. The van der Waals surface area contributed by atoms with Gasteiger partial charge < -0.3 is 14.2 Å². The number of rotatable bonds is 1. The van der Waals surface area contributed by atoms with E-state index in [-0.39, 0.29) is 0 Å². The van der Waals surface area contributed by atoms with Gasteiger partial charge in [0.1, 0.15) is 5.52 Å². The Kier molecular flexibility index (Phi) is 2.52. The van der Waals surface area contributed by atoms with Crippen molar-refractivity contribution in [3.63, 3.8) is 0 Å². The molecule has 2 saturated heterocycles. The zero-order chi connectivity index (χ0) is 12.8. The number of nitrogens with zero attached hydrogens (tertiary/aromatic N) is 3. The first-order valence-electron chi connectivity index (χ1n) is 7.12. The van der Waals surface area contributed by atoms with Gasteiger partial charge in [-0.05, 0) is 44.5 Å². The molecule has 4 heteroatoms. The summed E-state index contributed by atoms with van der Waals surface area (Å²) < 4.78 is 5.93. The van der Waals surface area contributed by atoms with Crippen LogP contribution in [0.4, 0.5) is 6.01 Å². The number of oxazole rings is 1. The van der Waals surface area contributed by atoms with Crippen molar-refractivity contribution in [3.05, 3.63) is 24.3 Å². The Morgan fingerprint density at radius 3 is 2.95 bits per heavy atom. The smallest absolute Gasteiger partial charge is 0.298 e. The quantitative estimate of drug-likeness (QED) is 0.785. The lowest BCUT2D eigenvalue weighted by Gasteiger charge is -2.35. The molecule has 0 amide bonds. The lowest BCUT2D eigenvalue weighted by atomic mass is 9.93. The van der Waals surface area contributed by atoms with Crippen molar-refractivity contribution in [1.82, 2.24) is 9.88 Å². The molecule has 4 rings (SSSR count). The fourth-order valence-electron chi connectivity index (χ4n) is 3.52. The van der Waals surface area contributed by atoms with Gasteiger partial charge >= 0.3 is 0 Å². The maximum absolute atomic E-state index is 5.93. The summed E-state index contributed by atoms with van der Waals surface area (Å²) >= 11 is 0. The Balaban J connectivity index is 1.68. The number of likely N-dealkylation sites (N-methyl/N-ethyl adjacent to an activating group) is 1. The Morgan fingerprint density at radius 1 is 1.21 bits per heavy atom. The first-order chi connectivity index (χ1) is 9.31. The lowest BCUT2D eigenvalue weighted by molar-refractivity contribution is 0.206. The van der Waals surface area contributed by atoms with E-state index in [0.717, 1.165) is 36.1 Å². The summed E-state index contributed by atoms with van der Waals surface area (Å²) in [5.41, 5.74) is 1.86. The molecule has 4 nitrogen and oxygen atoms in total. The second kappa shape index (κ2) is 4.23. The average molecular weight is 257 g/mol. The molecule has 0 spiro atoms. The maximum atomic E-state index is 5.93. The molecule has 0 aliphatic carbocycles. The highest BCUT2D eigenvalue weighted by molar-refractivity contribution is 5.74. The van der Waals surface area contributed by atoms with Crippen LogP contribution in [0.1, 0.15) is 12.8 Å². The number of aromatic nitrogens is 1. The largest absolute Gasteiger partial charge is 0.423 e. The summed E-state index contributed by atoms with van der Waals surface area (Å²) in [4.78, 5) is 9.45. The van der Waals surface area contributed by atoms with E-state index in [1.54, 1.807) is 0 Å². The van der Waals surface area contributed by atoms with Crippen LogP contribution in [0.3, 0.4) is 0 Å². The van der Waals surface area contributed by atoms with Crippen LogP contribution in [0.5, 0.6) is 0 Å². The summed E-state index contributed by atoms with van der Waals surface area (Å²) in [5.74, 6) is 0.811. The number of likely N-dealkylation sites (tertiary alicyclic amines) is 1. The van der Waals surface area contributed by atoms with Crippen molar-refractivity contribution in [2.45, 2.75) is 18.9 Å². The highest BCUT2D eigenvalue weighted by Crippen LogP contribution is 2.35. The lowest BCUT2D eigenvalue weighted by Crippen LogP contribution is -2.46. The van der Waals surface area contributed by atoms with Crippen molar-refractivity contribution in [1.29, 1.82) is 0 Å². The van der Waals surface area contributed by atoms with Crippen LogP contribution >= 0.6 is 0 Å². The third kappa shape index (κ3) is 1.82. The predicted molar refractivity (Wildman–Crippen MR) is 75.4 cm³/mol. The van der Waals surface area contributed by atoms with E-state index in [2.05, 4.69) is 21.8 Å². The van der Waals surface area contributed by atoms with Crippen molar-refractivity contribution >= 4 is 17.1 Å². The van der Waals surface area contributed by atoms with E-state index >= 15 is 0 Å². The first-order valence-corrected chi connectivity index (χ1v) is 7.12. The van der Waals surface area contributed by atoms with Gasteiger partial charge in [-0.2, -0.15) is 4.98 Å². The van der Waals surface area contributed by atoms with Crippen LogP contribution in [-0.2, 0) is 0 Å². The van der Waals surface area contributed by atoms with Gasteiger partial charge in [0.25, 0.3) is 6.01 Å². The Hall–Kier alpha value is -1.55. The summed E-state index contributed by atoms with van der Waals surface area (Å²) in [7, 11) is 2.21. The standard InChI is InChI=1S/C15H19N3O/c1-17-8-6-11-7-9-18(13(11)10-17)15-16-12-4-2-3-5-14(12)19-15/h2-5,11,13H,6-10H2,1H3/t11-,13-/m0/s1. The molecule has 2 atom stereocenters. The summed E-state index contributed by atoms with van der Waals surface area (Å²) in [6, 6.07) is 9.40. The Morgan fingerprint density at radius 2 is 2.05 bits per heavy atom. The van der Waals surface area contributed by atoms with Gasteiger partial charge in [-0.1, -0.05) is 12.1 Å². The van der Waals surface area contributed by atoms with Crippen LogP contribution in [0.25, 0.3) is 11.1 Å². The first kappa shape index (κ1) is 11.3. The molecule has 0 N–H and O–H groups in total. The molecule has 2 aliphatic rings. The molecule has 100 valence electrons. The second-order valence-corrected chi connectivity index (χ2v) is 5.82. The van der Waals surface area contributed by atoms with Gasteiger partial charge in [0.05, 0.1) is 0 Å². The molecule has 2 fully saturated rings. The van der Waals surface area contributed by atoms with Crippen molar-refractivity contribution < 1.29 is 4.42 Å². The molecule has 1 aromatic heterocycles. The Bertz CT molecular complexity index is 561. The van der Waals surface area contributed by atoms with Gasteiger partial charge in [-0.3, -0.25) is 0 Å². The van der Waals surface area contributed by atoms with Crippen molar-refractivity contribution in [2.24, 2.45) is 5.92 Å². The van der Waals surface area contributed by atoms with E-state index in [1.165, 1.54) is 19.4 Å². The molecule has 0 radical (unpaired) electrons. The van der Waals surface area contributed by atoms with E-state index < -0.39 is 0 Å². The number of para-hydroxylation sites is 2. The molecule has 3 heterocycles. The molecule has 19 heavy (non-hydrogen) atoms. The van der Waals surface area contributed by atoms with Crippen molar-refractivity contribution in [3.8, 4) is 0 Å². The maximum Gasteiger partial charge on any atom is 0.298 e. The number of hydrogen-bond acceptors (Lipinski definition) is 4. The predicted octanol–water partition coefficient (Wildman–Crippen LogP) is 2.36. The summed E-state index contributed by atoms with van der Waals surface area (Å²) in [6.07, 6.45) is 2.58. The Labute approximate surface area is 113 Å². The zero-order valence-corrected chi connectivity index (χ0v) is 11.2. The number of fused-ring (bicyclic) bond motifs is 2. The third-order valence-electron chi connectivity index (χ3n) is 4.59. The number of benzene rings is 1. The van der Waals surface area contributed by atoms with Gasteiger partial charge in [-0.15, -0.1) is 0 Å². The van der Waals surface area contributed by atoms with Gasteiger partial charge in [0.15, 0.2) is 5.58 Å².